The van der Waals surface area contributed by atoms with E-state index >= 15 is 0 Å². The molecule has 0 bridgehead atoms. The highest BCUT2D eigenvalue weighted by Crippen LogP contribution is 2.28. The van der Waals surface area contributed by atoms with Gasteiger partial charge in [0.1, 0.15) is 24.4 Å². The van der Waals surface area contributed by atoms with Crippen molar-refractivity contribution in [2.75, 3.05) is 19.8 Å². The van der Waals surface area contributed by atoms with Crippen molar-refractivity contribution in [3.8, 4) is 0 Å². The summed E-state index contributed by atoms with van der Waals surface area (Å²) in [5, 5.41) is 49.5. The second-order valence-corrected chi connectivity index (χ2v) is 5.19. The average molecular weight is 308 g/mol. The van der Waals surface area contributed by atoms with Crippen LogP contribution >= 0.6 is 0 Å². The molecule has 1 heterocycles. The molecule has 8 N–H and O–H groups in total. The fraction of sp³-hybridized carbons (Fsp3) is 0.917. The molecule has 5 atom stereocenters. The zero-order chi connectivity index (χ0) is 16.0. The van der Waals surface area contributed by atoms with Gasteiger partial charge in [-0.05, 0) is 19.4 Å². The van der Waals surface area contributed by atoms with Gasteiger partial charge in [0.15, 0.2) is 5.72 Å². The van der Waals surface area contributed by atoms with Crippen LogP contribution < -0.4 is 11.1 Å². The summed E-state index contributed by atoms with van der Waals surface area (Å²) < 4.78 is 5.31. The third kappa shape index (κ3) is 4.33. The molecular formula is C12H24N2O7. The molecule has 0 radical (unpaired) electrons. The number of hydrogen-bond acceptors (Lipinski definition) is 8. The Hall–Kier alpha value is -0.810. The van der Waals surface area contributed by atoms with E-state index in [1.54, 1.807) is 0 Å². The van der Waals surface area contributed by atoms with Gasteiger partial charge in [0.05, 0.1) is 13.2 Å². The Labute approximate surface area is 122 Å². The third-order valence-corrected chi connectivity index (χ3v) is 3.64. The number of aliphatic carboxylic acids is 1. The van der Waals surface area contributed by atoms with E-state index in [2.05, 4.69) is 5.32 Å². The van der Waals surface area contributed by atoms with Gasteiger partial charge in [-0.15, -0.1) is 0 Å². The van der Waals surface area contributed by atoms with Crippen LogP contribution in [0.3, 0.4) is 0 Å². The molecule has 1 fully saturated rings. The Morgan fingerprint density at radius 3 is 2.48 bits per heavy atom. The molecular weight excluding hydrogens is 284 g/mol. The zero-order valence-corrected chi connectivity index (χ0v) is 11.7. The van der Waals surface area contributed by atoms with Crippen LogP contribution in [-0.2, 0) is 9.53 Å². The van der Waals surface area contributed by atoms with Crippen LogP contribution in [0.2, 0.25) is 0 Å². The topological polar surface area (TPSA) is 166 Å². The van der Waals surface area contributed by atoms with Gasteiger partial charge < -0.3 is 36.0 Å². The number of rotatable bonds is 9. The van der Waals surface area contributed by atoms with E-state index in [4.69, 9.17) is 20.7 Å². The molecule has 0 saturated carbocycles. The van der Waals surface area contributed by atoms with Gasteiger partial charge >= 0.3 is 5.97 Å². The predicted octanol–water partition coefficient (Wildman–Crippen LogP) is -3.04. The van der Waals surface area contributed by atoms with E-state index in [9.17, 15) is 20.1 Å². The lowest BCUT2D eigenvalue weighted by Gasteiger charge is -2.31. The number of carboxylic acid groups (broad SMARTS) is 1. The highest BCUT2D eigenvalue weighted by Gasteiger charge is 2.53. The minimum atomic E-state index is -1.53. The van der Waals surface area contributed by atoms with Crippen LogP contribution in [0.15, 0.2) is 0 Å². The van der Waals surface area contributed by atoms with Crippen LogP contribution in [0.5, 0.6) is 0 Å². The van der Waals surface area contributed by atoms with Crippen LogP contribution in [0.25, 0.3) is 0 Å². The molecule has 0 aromatic heterocycles. The summed E-state index contributed by atoms with van der Waals surface area (Å²) in [6.45, 7) is -0.722. The summed E-state index contributed by atoms with van der Waals surface area (Å²) >= 11 is 0. The van der Waals surface area contributed by atoms with Gasteiger partial charge in [-0.2, -0.15) is 0 Å². The standard InChI is InChI=1S/C12H24N2O7/c13-7(11(19)20)3-1-2-4-14-12(6-16)10(18)9(17)8(5-15)21-12/h7-10,14-18H,1-6,13H2,(H,19,20)/t7-,8+,9+,10-,12?/m0/s1. The molecule has 1 unspecified atom stereocenters. The van der Waals surface area contributed by atoms with E-state index in [-0.39, 0.29) is 0 Å². The average Bonchev–Trinajstić information content (AvgIpc) is 2.71. The number of carbonyl (C=O) groups is 1. The summed E-state index contributed by atoms with van der Waals surface area (Å²) in [5.74, 6) is -1.06. The molecule has 0 aromatic rings. The molecule has 0 amide bonds. The molecule has 0 aromatic carbocycles. The van der Waals surface area contributed by atoms with Gasteiger partial charge in [-0.1, -0.05) is 6.42 Å². The number of nitrogens with one attached hydrogen (secondary N) is 1. The molecule has 1 aliphatic heterocycles. The summed E-state index contributed by atoms with van der Waals surface area (Å²) in [5.41, 5.74) is 3.84. The van der Waals surface area contributed by atoms with Gasteiger partial charge in [0.2, 0.25) is 0 Å². The van der Waals surface area contributed by atoms with Gasteiger partial charge in [0.25, 0.3) is 0 Å². The molecule has 1 saturated heterocycles. The van der Waals surface area contributed by atoms with Crippen molar-refractivity contribution in [1.82, 2.24) is 5.32 Å². The van der Waals surface area contributed by atoms with Crippen molar-refractivity contribution < 1.29 is 35.1 Å². The number of ether oxygens (including phenoxy) is 1. The first-order valence-electron chi connectivity index (χ1n) is 6.87. The van der Waals surface area contributed by atoms with Crippen molar-refractivity contribution in [2.45, 2.75) is 49.3 Å². The molecule has 0 spiro atoms. The highest BCUT2D eigenvalue weighted by molar-refractivity contribution is 5.72. The number of aliphatic hydroxyl groups is 4. The minimum absolute atomic E-state index is 0.314. The smallest absolute Gasteiger partial charge is 0.320 e. The highest BCUT2D eigenvalue weighted by atomic mass is 16.6. The first-order valence-corrected chi connectivity index (χ1v) is 6.87. The second kappa shape index (κ2) is 7.99. The van der Waals surface area contributed by atoms with E-state index in [1.807, 2.05) is 0 Å². The van der Waals surface area contributed by atoms with Crippen molar-refractivity contribution in [3.63, 3.8) is 0 Å². The Balaban J connectivity index is 2.39. The fourth-order valence-electron chi connectivity index (χ4n) is 2.28. The number of hydrogen-bond donors (Lipinski definition) is 7. The summed E-state index contributed by atoms with van der Waals surface area (Å²) in [7, 11) is 0. The molecule has 9 nitrogen and oxygen atoms in total. The molecule has 1 rings (SSSR count). The number of aliphatic hydroxyl groups excluding tert-OH is 4. The number of nitrogens with two attached hydrogens (primary N) is 1. The van der Waals surface area contributed by atoms with Crippen LogP contribution in [0.1, 0.15) is 19.3 Å². The van der Waals surface area contributed by atoms with Crippen LogP contribution in [0, 0.1) is 0 Å². The molecule has 21 heavy (non-hydrogen) atoms. The number of carboxylic acids is 1. The Morgan fingerprint density at radius 1 is 1.33 bits per heavy atom. The maximum Gasteiger partial charge on any atom is 0.320 e. The molecule has 1 aliphatic rings. The Bertz CT molecular complexity index is 344. The predicted molar refractivity (Wildman–Crippen MR) is 71.3 cm³/mol. The minimum Gasteiger partial charge on any atom is -0.480 e. The second-order valence-electron chi connectivity index (χ2n) is 5.19. The van der Waals surface area contributed by atoms with Crippen LogP contribution in [-0.4, -0.2) is 81.3 Å². The van der Waals surface area contributed by atoms with Gasteiger partial charge in [-0.3, -0.25) is 10.1 Å². The fourth-order valence-corrected chi connectivity index (χ4v) is 2.28. The van der Waals surface area contributed by atoms with Crippen molar-refractivity contribution >= 4 is 5.97 Å². The first kappa shape index (κ1) is 18.2. The SMILES string of the molecule is N[C@@H](CCCCNC1(CO)O[C@H](CO)[C@@H](O)[C@@H]1O)C(=O)O. The maximum absolute atomic E-state index is 10.5. The Kier molecular flexibility index (Phi) is 6.94. The monoisotopic (exact) mass is 308 g/mol. The van der Waals surface area contributed by atoms with E-state index in [1.165, 1.54) is 0 Å². The lowest BCUT2D eigenvalue weighted by Crippen LogP contribution is -2.57. The van der Waals surface area contributed by atoms with E-state index in [0.717, 1.165) is 0 Å². The lowest BCUT2D eigenvalue weighted by molar-refractivity contribution is -0.139. The van der Waals surface area contributed by atoms with E-state index in [0.29, 0.717) is 25.8 Å². The first-order chi connectivity index (χ1) is 9.88. The third-order valence-electron chi connectivity index (χ3n) is 3.64. The lowest BCUT2D eigenvalue weighted by atomic mass is 10.0. The Morgan fingerprint density at radius 2 is 2.00 bits per heavy atom. The summed E-state index contributed by atoms with van der Waals surface area (Å²) in [4.78, 5) is 10.5. The molecule has 124 valence electrons. The molecule has 0 aliphatic carbocycles. The van der Waals surface area contributed by atoms with Crippen LogP contribution in [0.4, 0.5) is 0 Å². The summed E-state index contributed by atoms with van der Waals surface area (Å²) in [6, 6.07) is -0.911. The largest absolute Gasteiger partial charge is 0.480 e. The normalized spacial score (nSPS) is 34.0. The van der Waals surface area contributed by atoms with Gasteiger partial charge in [0, 0.05) is 0 Å². The quantitative estimate of drug-likeness (QED) is 0.219. The van der Waals surface area contributed by atoms with Gasteiger partial charge in [-0.25, -0.2) is 0 Å². The maximum atomic E-state index is 10.5. The van der Waals surface area contributed by atoms with Crippen molar-refractivity contribution in [3.05, 3.63) is 0 Å². The zero-order valence-electron chi connectivity index (χ0n) is 11.7. The summed E-state index contributed by atoms with van der Waals surface area (Å²) in [6.07, 6.45) is -2.23. The molecule has 9 heteroatoms. The number of unbranched alkanes of at least 4 members (excludes halogenated alkanes) is 1. The van der Waals surface area contributed by atoms with E-state index < -0.39 is 49.3 Å². The van der Waals surface area contributed by atoms with Crippen molar-refractivity contribution in [1.29, 1.82) is 0 Å². The van der Waals surface area contributed by atoms with Crippen molar-refractivity contribution in [2.24, 2.45) is 5.73 Å².